The first kappa shape index (κ1) is 14.4. The summed E-state index contributed by atoms with van der Waals surface area (Å²) in [6.07, 6.45) is 1.09. The Kier molecular flexibility index (Phi) is 4.55. The molecule has 17 heavy (non-hydrogen) atoms. The standard InChI is InChI=1S/C11H12BrF2NOS/c1-11(2,3)17(16)15-6-7-4-8(12)5-9(13)10(7)14/h4-6H,1-3H3. The van der Waals surface area contributed by atoms with Crippen molar-refractivity contribution in [1.82, 2.24) is 0 Å². The molecule has 0 aliphatic carbocycles. The van der Waals surface area contributed by atoms with Gasteiger partial charge in [0.15, 0.2) is 11.6 Å². The molecule has 0 aliphatic rings. The van der Waals surface area contributed by atoms with Gasteiger partial charge in [-0.1, -0.05) is 15.9 Å². The number of rotatable bonds is 2. The highest BCUT2D eigenvalue weighted by molar-refractivity contribution is 9.10. The van der Waals surface area contributed by atoms with Gasteiger partial charge in [0, 0.05) is 16.3 Å². The van der Waals surface area contributed by atoms with E-state index in [0.717, 1.165) is 12.3 Å². The zero-order valence-electron chi connectivity index (χ0n) is 9.63. The van der Waals surface area contributed by atoms with Crippen LogP contribution in [-0.4, -0.2) is 15.2 Å². The third-order valence-corrected chi connectivity index (χ3v) is 3.63. The molecule has 1 unspecified atom stereocenters. The number of hydrogen-bond donors (Lipinski definition) is 0. The first-order chi connectivity index (χ1) is 7.71. The lowest BCUT2D eigenvalue weighted by Gasteiger charge is -2.12. The Morgan fingerprint density at radius 1 is 1.35 bits per heavy atom. The minimum Gasteiger partial charge on any atom is -0.234 e. The van der Waals surface area contributed by atoms with E-state index in [1.54, 1.807) is 20.8 Å². The van der Waals surface area contributed by atoms with Gasteiger partial charge in [-0.25, -0.2) is 13.0 Å². The van der Waals surface area contributed by atoms with Gasteiger partial charge in [0.25, 0.3) is 0 Å². The average molecular weight is 324 g/mol. The molecule has 1 atom stereocenters. The molecule has 0 fully saturated rings. The van der Waals surface area contributed by atoms with Crippen LogP contribution in [0.3, 0.4) is 0 Å². The van der Waals surface area contributed by atoms with Crippen LogP contribution in [-0.2, 0) is 11.0 Å². The summed E-state index contributed by atoms with van der Waals surface area (Å²) in [6.45, 7) is 5.24. The van der Waals surface area contributed by atoms with Crippen LogP contribution < -0.4 is 0 Å². The number of hydrogen-bond acceptors (Lipinski definition) is 1. The van der Waals surface area contributed by atoms with E-state index in [-0.39, 0.29) is 5.56 Å². The lowest BCUT2D eigenvalue weighted by atomic mass is 10.2. The Morgan fingerprint density at radius 2 is 1.94 bits per heavy atom. The highest BCUT2D eigenvalue weighted by Gasteiger charge is 2.18. The van der Waals surface area contributed by atoms with Crippen LogP contribution in [0.2, 0.25) is 0 Å². The van der Waals surface area contributed by atoms with Crippen molar-refractivity contribution in [2.24, 2.45) is 4.40 Å². The molecule has 0 heterocycles. The van der Waals surface area contributed by atoms with E-state index >= 15 is 0 Å². The van der Waals surface area contributed by atoms with Crippen LogP contribution in [0, 0.1) is 11.6 Å². The molecule has 0 saturated heterocycles. The fourth-order valence-corrected chi connectivity index (χ4v) is 1.91. The smallest absolute Gasteiger partial charge is 0.167 e. The van der Waals surface area contributed by atoms with Crippen molar-refractivity contribution < 1.29 is 13.0 Å². The van der Waals surface area contributed by atoms with Crippen molar-refractivity contribution in [2.45, 2.75) is 25.5 Å². The van der Waals surface area contributed by atoms with Crippen molar-refractivity contribution in [3.63, 3.8) is 0 Å². The molecule has 0 bridgehead atoms. The molecule has 0 saturated carbocycles. The van der Waals surface area contributed by atoms with Crippen LogP contribution in [0.15, 0.2) is 21.0 Å². The van der Waals surface area contributed by atoms with Crippen LogP contribution >= 0.6 is 15.9 Å². The summed E-state index contributed by atoms with van der Waals surface area (Å²) in [7, 11) is -1.49. The van der Waals surface area contributed by atoms with Crippen LogP contribution in [0.1, 0.15) is 26.3 Å². The fourth-order valence-electron chi connectivity index (χ4n) is 0.933. The number of halogens is 3. The first-order valence-electron chi connectivity index (χ1n) is 4.82. The second-order valence-corrected chi connectivity index (χ2v) is 7.24. The van der Waals surface area contributed by atoms with Crippen molar-refractivity contribution >= 4 is 33.1 Å². The lowest BCUT2D eigenvalue weighted by molar-refractivity contribution is 0.507. The predicted molar refractivity (Wildman–Crippen MR) is 69.5 cm³/mol. The van der Waals surface area contributed by atoms with Crippen molar-refractivity contribution in [3.8, 4) is 0 Å². The second kappa shape index (κ2) is 5.35. The van der Waals surface area contributed by atoms with Crippen molar-refractivity contribution in [3.05, 3.63) is 33.8 Å². The molecule has 2 nitrogen and oxygen atoms in total. The molecule has 0 aromatic heterocycles. The maximum Gasteiger partial charge on any atom is 0.167 e. The molecular formula is C11H12BrF2NOS. The van der Waals surface area contributed by atoms with Gasteiger partial charge >= 0.3 is 0 Å². The summed E-state index contributed by atoms with van der Waals surface area (Å²) in [5, 5.41) is 0. The summed E-state index contributed by atoms with van der Waals surface area (Å²) < 4.78 is 41.6. The molecular weight excluding hydrogens is 312 g/mol. The average Bonchev–Trinajstić information content (AvgIpc) is 2.19. The Hall–Kier alpha value is -0.620. The summed E-state index contributed by atoms with van der Waals surface area (Å²) in [4.78, 5) is 0. The monoisotopic (exact) mass is 323 g/mol. The molecule has 1 aromatic rings. The SMILES string of the molecule is CC(C)(C)S(=O)N=Cc1cc(Br)cc(F)c1F. The third kappa shape index (κ3) is 3.96. The van der Waals surface area contributed by atoms with E-state index < -0.39 is 27.4 Å². The van der Waals surface area contributed by atoms with Crippen LogP contribution in [0.25, 0.3) is 0 Å². The van der Waals surface area contributed by atoms with Gasteiger partial charge in [-0.3, -0.25) is 0 Å². The van der Waals surface area contributed by atoms with Gasteiger partial charge in [-0.05, 0) is 32.9 Å². The van der Waals surface area contributed by atoms with Crippen molar-refractivity contribution in [2.75, 3.05) is 0 Å². The van der Waals surface area contributed by atoms with E-state index in [0.29, 0.717) is 4.47 Å². The summed E-state index contributed by atoms with van der Waals surface area (Å²) in [5.41, 5.74) is -0.0329. The molecule has 1 rings (SSSR count). The summed E-state index contributed by atoms with van der Waals surface area (Å²) in [5.74, 6) is -1.97. The summed E-state index contributed by atoms with van der Waals surface area (Å²) >= 11 is 3.05. The van der Waals surface area contributed by atoms with E-state index in [2.05, 4.69) is 20.3 Å². The quantitative estimate of drug-likeness (QED) is 0.604. The molecule has 0 radical (unpaired) electrons. The van der Waals surface area contributed by atoms with Crippen LogP contribution in [0.4, 0.5) is 8.78 Å². The molecule has 0 spiro atoms. The molecule has 1 aromatic carbocycles. The fraction of sp³-hybridized carbons (Fsp3) is 0.364. The second-order valence-electron chi connectivity index (χ2n) is 4.39. The largest absolute Gasteiger partial charge is 0.234 e. The van der Waals surface area contributed by atoms with Gasteiger partial charge < -0.3 is 0 Å². The van der Waals surface area contributed by atoms with Gasteiger partial charge in [0.05, 0.1) is 4.75 Å². The highest BCUT2D eigenvalue weighted by Crippen LogP contribution is 2.19. The number of benzene rings is 1. The zero-order chi connectivity index (χ0) is 13.2. The molecule has 0 aliphatic heterocycles. The van der Waals surface area contributed by atoms with E-state index in [4.69, 9.17) is 0 Å². The Labute approximate surface area is 110 Å². The Balaban J connectivity index is 3.04. The topological polar surface area (TPSA) is 29.4 Å². The zero-order valence-corrected chi connectivity index (χ0v) is 12.0. The maximum atomic E-state index is 13.3. The Morgan fingerprint density at radius 3 is 2.47 bits per heavy atom. The van der Waals surface area contributed by atoms with Gasteiger partial charge in [-0.2, -0.15) is 4.40 Å². The van der Waals surface area contributed by atoms with Gasteiger partial charge in [0.1, 0.15) is 11.0 Å². The Bertz CT molecular complexity index is 483. The molecule has 0 amide bonds. The van der Waals surface area contributed by atoms with E-state index in [9.17, 15) is 13.0 Å². The molecule has 94 valence electrons. The lowest BCUT2D eigenvalue weighted by Crippen LogP contribution is -2.19. The third-order valence-electron chi connectivity index (χ3n) is 1.83. The summed E-state index contributed by atoms with van der Waals surface area (Å²) in [6, 6.07) is 2.40. The van der Waals surface area contributed by atoms with Gasteiger partial charge in [0.2, 0.25) is 0 Å². The minimum atomic E-state index is -1.49. The molecule has 6 heteroatoms. The van der Waals surface area contributed by atoms with Crippen molar-refractivity contribution in [1.29, 1.82) is 0 Å². The van der Waals surface area contributed by atoms with Gasteiger partial charge in [-0.15, -0.1) is 0 Å². The minimum absolute atomic E-state index is 0.0329. The van der Waals surface area contributed by atoms with Crippen LogP contribution in [0.5, 0.6) is 0 Å². The van der Waals surface area contributed by atoms with E-state index in [1.807, 2.05) is 0 Å². The van der Waals surface area contributed by atoms with E-state index in [1.165, 1.54) is 6.07 Å². The maximum absolute atomic E-state index is 13.3. The highest BCUT2D eigenvalue weighted by atomic mass is 79.9. The normalized spacial score (nSPS) is 14.2. The molecule has 0 N–H and O–H groups in total. The first-order valence-corrected chi connectivity index (χ1v) is 6.72. The number of nitrogens with zero attached hydrogens (tertiary/aromatic N) is 1. The predicted octanol–water partition coefficient (Wildman–Crippen LogP) is 3.61.